The number of rotatable bonds is 3. The summed E-state index contributed by atoms with van der Waals surface area (Å²) in [4.78, 5) is 39.4. The van der Waals surface area contributed by atoms with Gasteiger partial charge >= 0.3 is 0 Å². The molecule has 6 heteroatoms. The lowest BCUT2D eigenvalue weighted by atomic mass is 10.0. The number of carbonyl (C=O) groups excluding carboxylic acids is 3. The second-order valence-electron chi connectivity index (χ2n) is 5.39. The van der Waals surface area contributed by atoms with Gasteiger partial charge in [0.15, 0.2) is 0 Å². The van der Waals surface area contributed by atoms with Gasteiger partial charge in [0, 0.05) is 5.56 Å². The zero-order chi connectivity index (χ0) is 17.4. The molecule has 1 aliphatic heterocycles. The maximum absolute atomic E-state index is 13.0. The van der Waals surface area contributed by atoms with Gasteiger partial charge in [0.25, 0.3) is 17.7 Å². The van der Waals surface area contributed by atoms with Gasteiger partial charge in [-0.05, 0) is 56.9 Å². The number of hydrogen-bond donors (Lipinski definition) is 0. The van der Waals surface area contributed by atoms with Gasteiger partial charge in [-0.2, -0.15) is 22.7 Å². The predicted octanol–water partition coefficient (Wildman–Crippen LogP) is 3.93. The lowest BCUT2D eigenvalue weighted by Gasteiger charge is -2.13. The highest BCUT2D eigenvalue weighted by atomic mass is 32.1. The average Bonchev–Trinajstić information content (AvgIpc) is 3.36. The quantitative estimate of drug-likeness (QED) is 0.661. The van der Waals surface area contributed by atoms with E-state index < -0.39 is 17.7 Å². The van der Waals surface area contributed by atoms with E-state index in [2.05, 4.69) is 0 Å². The molecule has 4 nitrogen and oxygen atoms in total. The summed E-state index contributed by atoms with van der Waals surface area (Å²) in [5.74, 6) is -1.74. The molecule has 0 unspecified atom stereocenters. The van der Waals surface area contributed by atoms with Crippen LogP contribution in [0.15, 0.2) is 64.0 Å². The maximum Gasteiger partial charge on any atom is 0.269 e. The summed E-state index contributed by atoms with van der Waals surface area (Å²) >= 11 is 2.87. The van der Waals surface area contributed by atoms with Crippen LogP contribution < -0.4 is 0 Å². The minimum atomic E-state index is -0.603. The molecule has 3 amide bonds. The average molecular weight is 365 g/mol. The SMILES string of the molecule is O=C1C(c2ccsc2)=C(c2ccsc2)C(=O)N1C(=O)c1ccccc1. The van der Waals surface area contributed by atoms with E-state index in [0.29, 0.717) is 16.7 Å². The summed E-state index contributed by atoms with van der Waals surface area (Å²) in [7, 11) is 0. The van der Waals surface area contributed by atoms with Crippen LogP contribution >= 0.6 is 22.7 Å². The van der Waals surface area contributed by atoms with Crippen molar-refractivity contribution in [3.63, 3.8) is 0 Å². The first-order chi connectivity index (χ1) is 12.2. The van der Waals surface area contributed by atoms with Crippen molar-refractivity contribution in [1.82, 2.24) is 4.90 Å². The van der Waals surface area contributed by atoms with Crippen LogP contribution in [0.3, 0.4) is 0 Å². The van der Waals surface area contributed by atoms with Gasteiger partial charge in [0.05, 0.1) is 11.1 Å². The molecule has 0 atom stereocenters. The number of nitrogens with zero attached hydrogens (tertiary/aromatic N) is 1. The van der Waals surface area contributed by atoms with E-state index in [4.69, 9.17) is 0 Å². The monoisotopic (exact) mass is 365 g/mol. The molecule has 0 spiro atoms. The van der Waals surface area contributed by atoms with E-state index in [-0.39, 0.29) is 11.1 Å². The van der Waals surface area contributed by atoms with Crippen molar-refractivity contribution >= 4 is 51.5 Å². The summed E-state index contributed by atoms with van der Waals surface area (Å²) in [5.41, 5.74) is 2.20. The van der Waals surface area contributed by atoms with Crippen LogP contribution in [-0.4, -0.2) is 22.6 Å². The molecule has 0 radical (unpaired) electrons. The Balaban J connectivity index is 1.84. The van der Waals surface area contributed by atoms with Crippen LogP contribution in [0.25, 0.3) is 11.1 Å². The second kappa shape index (κ2) is 6.23. The molecule has 25 heavy (non-hydrogen) atoms. The maximum atomic E-state index is 13.0. The molecular formula is C19H11NO3S2. The number of hydrogen-bond acceptors (Lipinski definition) is 5. The number of benzene rings is 1. The van der Waals surface area contributed by atoms with Crippen LogP contribution in [0.4, 0.5) is 0 Å². The van der Waals surface area contributed by atoms with E-state index in [1.54, 1.807) is 42.5 Å². The van der Waals surface area contributed by atoms with Crippen molar-refractivity contribution in [2.24, 2.45) is 0 Å². The van der Waals surface area contributed by atoms with E-state index in [0.717, 1.165) is 4.90 Å². The van der Waals surface area contributed by atoms with E-state index in [1.165, 1.54) is 22.7 Å². The van der Waals surface area contributed by atoms with Crippen LogP contribution in [-0.2, 0) is 9.59 Å². The van der Waals surface area contributed by atoms with Crippen LogP contribution in [0.5, 0.6) is 0 Å². The second-order valence-corrected chi connectivity index (χ2v) is 6.95. The van der Waals surface area contributed by atoms with Crippen molar-refractivity contribution in [2.75, 3.05) is 0 Å². The van der Waals surface area contributed by atoms with Gasteiger partial charge in [-0.1, -0.05) is 18.2 Å². The third-order valence-electron chi connectivity index (χ3n) is 3.93. The van der Waals surface area contributed by atoms with Crippen molar-refractivity contribution in [3.05, 3.63) is 80.7 Å². The normalized spacial score (nSPS) is 14.5. The largest absolute Gasteiger partial charge is 0.269 e. The highest BCUT2D eigenvalue weighted by Gasteiger charge is 2.43. The van der Waals surface area contributed by atoms with Gasteiger partial charge < -0.3 is 0 Å². The Bertz CT molecular complexity index is 930. The number of amides is 3. The van der Waals surface area contributed by atoms with Crippen LogP contribution in [0.2, 0.25) is 0 Å². The van der Waals surface area contributed by atoms with Gasteiger partial charge in [0.2, 0.25) is 0 Å². The molecule has 1 aliphatic rings. The Kier molecular flexibility index (Phi) is 3.91. The number of thiophene rings is 2. The summed E-state index contributed by atoms with van der Waals surface area (Å²) in [6, 6.07) is 11.9. The van der Waals surface area contributed by atoms with E-state index in [1.807, 2.05) is 21.5 Å². The highest BCUT2D eigenvalue weighted by molar-refractivity contribution is 7.08. The molecule has 0 saturated heterocycles. The molecule has 2 aromatic heterocycles. The third-order valence-corrected chi connectivity index (χ3v) is 5.29. The van der Waals surface area contributed by atoms with E-state index in [9.17, 15) is 14.4 Å². The van der Waals surface area contributed by atoms with Crippen LogP contribution in [0, 0.1) is 0 Å². The molecule has 3 aromatic rings. The molecule has 3 heterocycles. The Hall–Kier alpha value is -2.83. The van der Waals surface area contributed by atoms with Crippen molar-refractivity contribution < 1.29 is 14.4 Å². The Morgan fingerprint density at radius 1 is 0.760 bits per heavy atom. The zero-order valence-electron chi connectivity index (χ0n) is 12.8. The van der Waals surface area contributed by atoms with Gasteiger partial charge in [-0.15, -0.1) is 0 Å². The minimum absolute atomic E-state index is 0.286. The first-order valence-electron chi connectivity index (χ1n) is 7.46. The Morgan fingerprint density at radius 2 is 1.28 bits per heavy atom. The van der Waals surface area contributed by atoms with Gasteiger partial charge in [-0.25, -0.2) is 4.90 Å². The van der Waals surface area contributed by atoms with Crippen LogP contribution in [0.1, 0.15) is 21.5 Å². The summed E-state index contributed by atoms with van der Waals surface area (Å²) in [6.07, 6.45) is 0. The summed E-state index contributed by atoms with van der Waals surface area (Å²) < 4.78 is 0. The Morgan fingerprint density at radius 3 is 1.72 bits per heavy atom. The molecule has 0 N–H and O–H groups in total. The molecule has 4 rings (SSSR count). The molecule has 122 valence electrons. The molecule has 0 aliphatic carbocycles. The fourth-order valence-electron chi connectivity index (χ4n) is 2.77. The fraction of sp³-hybridized carbons (Fsp3) is 0. The topological polar surface area (TPSA) is 54.5 Å². The molecule has 0 saturated carbocycles. The Labute approximate surface area is 151 Å². The van der Waals surface area contributed by atoms with Crippen molar-refractivity contribution in [3.8, 4) is 0 Å². The smallest absolute Gasteiger partial charge is 0.268 e. The fourth-order valence-corrected chi connectivity index (χ4v) is 4.07. The first kappa shape index (κ1) is 15.7. The lowest BCUT2D eigenvalue weighted by Crippen LogP contribution is -2.37. The van der Waals surface area contributed by atoms with E-state index >= 15 is 0 Å². The summed E-state index contributed by atoms with van der Waals surface area (Å²) in [5, 5.41) is 7.30. The molecule has 0 fully saturated rings. The third kappa shape index (κ3) is 2.56. The number of imide groups is 3. The van der Waals surface area contributed by atoms with Crippen molar-refractivity contribution in [1.29, 1.82) is 0 Å². The predicted molar refractivity (Wildman–Crippen MR) is 98.1 cm³/mol. The number of carbonyl (C=O) groups is 3. The lowest BCUT2D eigenvalue weighted by molar-refractivity contribution is -0.132. The first-order valence-corrected chi connectivity index (χ1v) is 9.34. The van der Waals surface area contributed by atoms with Gasteiger partial charge in [-0.3, -0.25) is 14.4 Å². The minimum Gasteiger partial charge on any atom is -0.268 e. The summed E-state index contributed by atoms with van der Waals surface area (Å²) in [6.45, 7) is 0. The molecular weight excluding hydrogens is 354 g/mol. The molecule has 1 aromatic carbocycles. The highest BCUT2D eigenvalue weighted by Crippen LogP contribution is 2.37. The standard InChI is InChI=1S/C19H11NO3S2/c21-17(12-4-2-1-3-5-12)20-18(22)15(13-6-8-24-10-13)16(19(20)23)14-7-9-25-11-14/h1-11H. The van der Waals surface area contributed by atoms with Crippen molar-refractivity contribution in [2.45, 2.75) is 0 Å². The van der Waals surface area contributed by atoms with Gasteiger partial charge in [0.1, 0.15) is 0 Å². The zero-order valence-corrected chi connectivity index (χ0v) is 14.5. The molecule has 0 bridgehead atoms.